The molecule has 0 aromatic carbocycles. The molecular formula is C12H20N4OS2. The molecule has 5 nitrogen and oxygen atoms in total. The van der Waals surface area contributed by atoms with Crippen LogP contribution in [0.4, 0.5) is 4.79 Å². The molecule has 106 valence electrons. The number of carbonyl (C=O) groups is 1. The summed E-state index contributed by atoms with van der Waals surface area (Å²) in [5.41, 5.74) is 5.31. The quantitative estimate of drug-likeness (QED) is 0.523. The molecule has 0 saturated carbocycles. The van der Waals surface area contributed by atoms with Crippen molar-refractivity contribution in [2.75, 3.05) is 19.6 Å². The Kier molecular flexibility index (Phi) is 5.50. The minimum Gasteiger partial charge on any atom is -0.337 e. The molecule has 1 fully saturated rings. The third kappa shape index (κ3) is 4.38. The van der Waals surface area contributed by atoms with Gasteiger partial charge in [-0.05, 0) is 18.6 Å². The maximum atomic E-state index is 11.4. The minimum atomic E-state index is -0.171. The van der Waals surface area contributed by atoms with Crippen molar-refractivity contribution < 1.29 is 4.79 Å². The van der Waals surface area contributed by atoms with E-state index in [4.69, 9.17) is 5.73 Å². The van der Waals surface area contributed by atoms with Gasteiger partial charge in [0.05, 0.1) is 6.54 Å². The molecular weight excluding hydrogens is 280 g/mol. The maximum Gasteiger partial charge on any atom is 0.315 e. The van der Waals surface area contributed by atoms with Crippen molar-refractivity contribution >= 4 is 30.0 Å². The second-order valence-corrected chi connectivity index (χ2v) is 6.48. The van der Waals surface area contributed by atoms with Crippen LogP contribution in [-0.4, -0.2) is 30.9 Å². The van der Waals surface area contributed by atoms with Crippen LogP contribution in [0, 0.1) is 0 Å². The van der Waals surface area contributed by atoms with Crippen molar-refractivity contribution in [3.05, 3.63) is 21.9 Å². The van der Waals surface area contributed by atoms with E-state index < -0.39 is 0 Å². The van der Waals surface area contributed by atoms with E-state index >= 15 is 0 Å². The Bertz CT molecular complexity index is 424. The van der Waals surface area contributed by atoms with Crippen LogP contribution in [0.1, 0.15) is 22.2 Å². The number of nitrogens with one attached hydrogen (secondary N) is 3. The van der Waals surface area contributed by atoms with Gasteiger partial charge in [-0.1, -0.05) is 0 Å². The highest BCUT2D eigenvalue weighted by Gasteiger charge is 2.23. The molecule has 1 aliphatic rings. The fraction of sp³-hybridized carbons (Fsp3) is 0.583. The van der Waals surface area contributed by atoms with Gasteiger partial charge in [-0.3, -0.25) is 0 Å². The highest BCUT2D eigenvalue weighted by molar-refractivity contribution is 7.81. The molecule has 5 N–H and O–H groups in total. The minimum absolute atomic E-state index is 0.171. The second-order valence-electron chi connectivity index (χ2n) is 4.55. The lowest BCUT2D eigenvalue weighted by molar-refractivity contribution is 0.241. The Morgan fingerprint density at radius 2 is 2.37 bits per heavy atom. The Balaban J connectivity index is 1.79. The molecule has 1 aromatic rings. The van der Waals surface area contributed by atoms with E-state index in [9.17, 15) is 4.79 Å². The van der Waals surface area contributed by atoms with E-state index in [2.05, 4.69) is 40.7 Å². The van der Waals surface area contributed by atoms with Crippen molar-refractivity contribution in [2.24, 2.45) is 5.73 Å². The molecule has 0 bridgehead atoms. The van der Waals surface area contributed by atoms with Gasteiger partial charge < -0.3 is 21.7 Å². The third-order valence-corrected chi connectivity index (χ3v) is 4.58. The summed E-state index contributed by atoms with van der Waals surface area (Å²) in [5.74, 6) is 0. The summed E-state index contributed by atoms with van der Waals surface area (Å²) in [6, 6.07) is 4.43. The third-order valence-electron chi connectivity index (χ3n) is 2.99. The standard InChI is InChI=1S/C12H20N4OS2/c13-3-4-14-12(17)16-7-9-1-2-11(19-9)10-5-8(18)6-15-10/h1-2,8,10,15,18H,3-7,13H2,(H2,14,16,17)/t8-,10?/m0/s1. The number of urea groups is 1. The van der Waals surface area contributed by atoms with Crippen LogP contribution >= 0.6 is 24.0 Å². The highest BCUT2D eigenvalue weighted by atomic mass is 32.1. The monoisotopic (exact) mass is 300 g/mol. The van der Waals surface area contributed by atoms with Gasteiger partial charge in [0.15, 0.2) is 0 Å². The molecule has 19 heavy (non-hydrogen) atoms. The molecule has 2 heterocycles. The van der Waals surface area contributed by atoms with Gasteiger partial charge in [-0.2, -0.15) is 12.6 Å². The molecule has 1 unspecified atom stereocenters. The summed E-state index contributed by atoms with van der Waals surface area (Å²) in [6.07, 6.45) is 1.06. The predicted molar refractivity (Wildman–Crippen MR) is 81.7 cm³/mol. The Morgan fingerprint density at radius 3 is 3.05 bits per heavy atom. The molecule has 2 atom stereocenters. The second kappa shape index (κ2) is 7.14. The van der Waals surface area contributed by atoms with Gasteiger partial charge in [0.25, 0.3) is 0 Å². The predicted octanol–water partition coefficient (Wildman–Crippen LogP) is 0.839. The fourth-order valence-electron chi connectivity index (χ4n) is 2.03. The first kappa shape index (κ1) is 14.6. The van der Waals surface area contributed by atoms with Crippen molar-refractivity contribution in [1.82, 2.24) is 16.0 Å². The smallest absolute Gasteiger partial charge is 0.315 e. The summed E-state index contributed by atoms with van der Waals surface area (Å²) in [5, 5.41) is 9.38. The van der Waals surface area contributed by atoms with Gasteiger partial charge in [0.2, 0.25) is 0 Å². The molecule has 0 spiro atoms. The SMILES string of the molecule is NCCNC(=O)NCc1ccc(C2C[C@H](S)CN2)s1. The van der Waals surface area contributed by atoms with E-state index in [1.807, 2.05) is 0 Å². The van der Waals surface area contributed by atoms with E-state index in [0.29, 0.717) is 30.9 Å². The highest BCUT2D eigenvalue weighted by Crippen LogP contribution is 2.30. The van der Waals surface area contributed by atoms with Crippen LogP contribution in [0.5, 0.6) is 0 Å². The lowest BCUT2D eigenvalue weighted by atomic mass is 10.2. The molecule has 1 aliphatic heterocycles. The first-order chi connectivity index (χ1) is 9.19. The molecule has 1 aromatic heterocycles. The van der Waals surface area contributed by atoms with Crippen molar-refractivity contribution in [1.29, 1.82) is 0 Å². The number of nitrogens with two attached hydrogens (primary N) is 1. The van der Waals surface area contributed by atoms with Crippen molar-refractivity contribution in [3.8, 4) is 0 Å². The zero-order chi connectivity index (χ0) is 13.7. The van der Waals surface area contributed by atoms with Crippen LogP contribution in [-0.2, 0) is 6.54 Å². The topological polar surface area (TPSA) is 79.2 Å². The summed E-state index contributed by atoms with van der Waals surface area (Å²) in [4.78, 5) is 13.9. The molecule has 7 heteroatoms. The van der Waals surface area contributed by atoms with E-state index in [1.54, 1.807) is 11.3 Å². The number of rotatable bonds is 5. The number of hydrogen-bond donors (Lipinski definition) is 5. The lowest BCUT2D eigenvalue weighted by Crippen LogP contribution is -2.37. The number of thiol groups is 1. The van der Waals surface area contributed by atoms with Crippen LogP contribution < -0.4 is 21.7 Å². The number of amides is 2. The Hall–Kier alpha value is -0.760. The molecule has 2 amide bonds. The lowest BCUT2D eigenvalue weighted by Gasteiger charge is -2.07. The van der Waals surface area contributed by atoms with Crippen LogP contribution in [0.25, 0.3) is 0 Å². The largest absolute Gasteiger partial charge is 0.337 e. The van der Waals surface area contributed by atoms with Crippen LogP contribution in [0.3, 0.4) is 0 Å². The Morgan fingerprint density at radius 1 is 1.53 bits per heavy atom. The molecule has 1 saturated heterocycles. The first-order valence-electron chi connectivity index (χ1n) is 6.41. The molecule has 2 rings (SSSR count). The van der Waals surface area contributed by atoms with Gasteiger partial charge in [-0.25, -0.2) is 4.79 Å². The van der Waals surface area contributed by atoms with E-state index in [1.165, 1.54) is 4.88 Å². The Labute approximate surface area is 122 Å². The van der Waals surface area contributed by atoms with Gasteiger partial charge in [0.1, 0.15) is 0 Å². The number of hydrogen-bond acceptors (Lipinski definition) is 5. The summed E-state index contributed by atoms with van der Waals surface area (Å²) in [7, 11) is 0. The summed E-state index contributed by atoms with van der Waals surface area (Å²) in [6.45, 7) is 2.46. The van der Waals surface area contributed by atoms with Crippen LogP contribution in [0.2, 0.25) is 0 Å². The van der Waals surface area contributed by atoms with E-state index in [0.717, 1.165) is 17.8 Å². The maximum absolute atomic E-state index is 11.4. The fourth-order valence-corrected chi connectivity index (χ4v) is 3.38. The normalized spacial score (nSPS) is 22.4. The average molecular weight is 300 g/mol. The first-order valence-corrected chi connectivity index (χ1v) is 7.74. The number of thiophene rings is 1. The summed E-state index contributed by atoms with van der Waals surface area (Å²) >= 11 is 6.21. The van der Waals surface area contributed by atoms with Gasteiger partial charge in [-0.15, -0.1) is 11.3 Å². The molecule has 0 aliphatic carbocycles. The average Bonchev–Trinajstić information content (AvgIpc) is 3.02. The van der Waals surface area contributed by atoms with Crippen molar-refractivity contribution in [2.45, 2.75) is 24.3 Å². The number of carbonyl (C=O) groups excluding carboxylic acids is 1. The van der Waals surface area contributed by atoms with Crippen molar-refractivity contribution in [3.63, 3.8) is 0 Å². The zero-order valence-electron chi connectivity index (χ0n) is 10.7. The van der Waals surface area contributed by atoms with E-state index in [-0.39, 0.29) is 6.03 Å². The van der Waals surface area contributed by atoms with Gasteiger partial charge in [0, 0.05) is 40.7 Å². The van der Waals surface area contributed by atoms with Crippen LogP contribution in [0.15, 0.2) is 12.1 Å². The molecule has 0 radical (unpaired) electrons. The zero-order valence-corrected chi connectivity index (χ0v) is 12.4. The summed E-state index contributed by atoms with van der Waals surface area (Å²) < 4.78 is 0. The van der Waals surface area contributed by atoms with Gasteiger partial charge >= 0.3 is 6.03 Å².